The van der Waals surface area contributed by atoms with Crippen molar-refractivity contribution < 1.29 is 18.8 Å². The van der Waals surface area contributed by atoms with Gasteiger partial charge in [0.15, 0.2) is 0 Å². The average molecular weight is 429 g/mol. The summed E-state index contributed by atoms with van der Waals surface area (Å²) in [5, 5.41) is 5.66. The van der Waals surface area contributed by atoms with E-state index in [0.717, 1.165) is 5.56 Å². The molecule has 0 saturated heterocycles. The zero-order valence-electron chi connectivity index (χ0n) is 17.3. The Balaban J connectivity index is 1.71. The van der Waals surface area contributed by atoms with Crippen LogP contribution in [-0.2, 0) is 20.9 Å². The summed E-state index contributed by atoms with van der Waals surface area (Å²) in [6.07, 6.45) is 0. The molecule has 3 aromatic carbocycles. The quantitative estimate of drug-likeness (QED) is 0.577. The molecule has 7 heteroatoms. The first-order valence-corrected chi connectivity index (χ1v) is 9.97. The van der Waals surface area contributed by atoms with Crippen molar-refractivity contribution in [2.45, 2.75) is 13.5 Å². The lowest BCUT2D eigenvalue weighted by Gasteiger charge is -2.15. The van der Waals surface area contributed by atoms with Crippen LogP contribution in [-0.4, -0.2) is 22.6 Å². The maximum atomic E-state index is 13.3. The molecule has 1 heterocycles. The van der Waals surface area contributed by atoms with Gasteiger partial charge in [-0.05, 0) is 47.5 Å². The highest BCUT2D eigenvalue weighted by Gasteiger charge is 2.39. The van der Waals surface area contributed by atoms with Gasteiger partial charge in [-0.15, -0.1) is 0 Å². The first-order chi connectivity index (χ1) is 15.4. The van der Waals surface area contributed by atoms with Crippen LogP contribution >= 0.6 is 0 Å². The Labute approximate surface area is 184 Å². The molecule has 0 aromatic heterocycles. The largest absolute Gasteiger partial charge is 0.350 e. The van der Waals surface area contributed by atoms with E-state index in [4.69, 9.17) is 0 Å². The summed E-state index contributed by atoms with van der Waals surface area (Å²) in [7, 11) is 0. The zero-order valence-corrected chi connectivity index (χ0v) is 17.3. The molecule has 1 aliphatic rings. The number of anilines is 2. The molecule has 3 amide bonds. The smallest absolute Gasteiger partial charge is 0.278 e. The predicted octanol–water partition coefficient (Wildman–Crippen LogP) is 4.18. The third kappa shape index (κ3) is 4.41. The number of halogens is 1. The summed E-state index contributed by atoms with van der Waals surface area (Å²) in [6.45, 7) is 1.53. The molecule has 0 unspecified atom stereocenters. The van der Waals surface area contributed by atoms with Crippen molar-refractivity contribution >= 4 is 34.7 Å². The Kier molecular flexibility index (Phi) is 5.81. The number of hydrogen-bond donors (Lipinski definition) is 2. The summed E-state index contributed by atoms with van der Waals surface area (Å²) in [6, 6.07) is 21.4. The molecule has 0 spiro atoms. The maximum absolute atomic E-state index is 13.3. The number of nitrogens with one attached hydrogen (secondary N) is 2. The lowest BCUT2D eigenvalue weighted by molar-refractivity contribution is -0.137. The van der Waals surface area contributed by atoms with Gasteiger partial charge in [-0.2, -0.15) is 0 Å². The fourth-order valence-corrected chi connectivity index (χ4v) is 3.47. The predicted molar refractivity (Wildman–Crippen MR) is 120 cm³/mol. The summed E-state index contributed by atoms with van der Waals surface area (Å²) in [5.74, 6) is -1.52. The molecule has 0 atom stereocenters. The molecule has 0 bridgehead atoms. The first-order valence-electron chi connectivity index (χ1n) is 9.97. The second-order valence-corrected chi connectivity index (χ2v) is 7.32. The van der Waals surface area contributed by atoms with E-state index >= 15 is 0 Å². The highest BCUT2D eigenvalue weighted by atomic mass is 19.1. The van der Waals surface area contributed by atoms with Crippen LogP contribution < -0.4 is 10.6 Å². The molecule has 0 fully saturated rings. The normalized spacial score (nSPS) is 13.5. The van der Waals surface area contributed by atoms with Gasteiger partial charge in [-0.25, -0.2) is 4.39 Å². The number of carbonyl (C=O) groups is 3. The van der Waals surface area contributed by atoms with Crippen LogP contribution in [0.4, 0.5) is 15.8 Å². The SMILES string of the molecule is CC(=O)Nc1ccc(C2=C(Nc3ccc(F)cc3)C(=O)N(Cc3ccccc3)C2=O)cc1. The van der Waals surface area contributed by atoms with Gasteiger partial charge in [-0.3, -0.25) is 19.3 Å². The van der Waals surface area contributed by atoms with Gasteiger partial charge in [0, 0.05) is 18.3 Å². The van der Waals surface area contributed by atoms with E-state index < -0.39 is 17.6 Å². The molecule has 0 radical (unpaired) electrons. The van der Waals surface area contributed by atoms with E-state index in [9.17, 15) is 18.8 Å². The lowest BCUT2D eigenvalue weighted by atomic mass is 10.0. The minimum atomic E-state index is -0.468. The van der Waals surface area contributed by atoms with Gasteiger partial charge in [0.1, 0.15) is 11.5 Å². The van der Waals surface area contributed by atoms with Crippen molar-refractivity contribution in [2.75, 3.05) is 10.6 Å². The number of amides is 3. The molecule has 4 rings (SSSR count). The number of benzene rings is 3. The first kappa shape index (κ1) is 21.0. The van der Waals surface area contributed by atoms with Crippen molar-refractivity contribution in [1.29, 1.82) is 0 Å². The number of hydrogen-bond acceptors (Lipinski definition) is 4. The fourth-order valence-electron chi connectivity index (χ4n) is 3.47. The molecular formula is C25H20FN3O3. The van der Waals surface area contributed by atoms with Crippen molar-refractivity contribution in [1.82, 2.24) is 4.90 Å². The Morgan fingerprint density at radius 1 is 0.844 bits per heavy atom. The topological polar surface area (TPSA) is 78.5 Å². The minimum absolute atomic E-state index is 0.116. The molecular weight excluding hydrogens is 409 g/mol. The van der Waals surface area contributed by atoms with Crippen molar-refractivity contribution in [3.8, 4) is 0 Å². The van der Waals surface area contributed by atoms with E-state index in [1.54, 1.807) is 24.3 Å². The number of nitrogens with zero attached hydrogens (tertiary/aromatic N) is 1. The highest BCUT2D eigenvalue weighted by Crippen LogP contribution is 2.32. The fraction of sp³-hybridized carbons (Fsp3) is 0.0800. The standard InChI is InChI=1S/C25H20FN3O3/c1-16(30)27-20-11-7-18(8-12-20)22-23(28-21-13-9-19(26)10-14-21)25(32)29(24(22)31)15-17-5-3-2-4-6-17/h2-14,28H,15H2,1H3,(H,27,30). The van der Waals surface area contributed by atoms with E-state index in [-0.39, 0.29) is 23.7 Å². The molecule has 0 saturated carbocycles. The van der Waals surface area contributed by atoms with E-state index in [1.807, 2.05) is 30.3 Å². The minimum Gasteiger partial charge on any atom is -0.350 e. The van der Waals surface area contributed by atoms with Gasteiger partial charge in [-0.1, -0.05) is 42.5 Å². The Bertz CT molecular complexity index is 1200. The average Bonchev–Trinajstić information content (AvgIpc) is 3.00. The Morgan fingerprint density at radius 3 is 2.09 bits per heavy atom. The molecule has 6 nitrogen and oxygen atoms in total. The van der Waals surface area contributed by atoms with Gasteiger partial charge in [0.05, 0.1) is 12.1 Å². The maximum Gasteiger partial charge on any atom is 0.278 e. The number of imide groups is 1. The molecule has 0 aliphatic carbocycles. The Morgan fingerprint density at radius 2 is 1.47 bits per heavy atom. The monoisotopic (exact) mass is 429 g/mol. The van der Waals surface area contributed by atoms with Gasteiger partial charge >= 0.3 is 0 Å². The van der Waals surface area contributed by atoms with Gasteiger partial charge in [0.2, 0.25) is 5.91 Å². The summed E-state index contributed by atoms with van der Waals surface area (Å²) in [5.41, 5.74) is 2.73. The molecule has 32 heavy (non-hydrogen) atoms. The van der Waals surface area contributed by atoms with Crippen LogP contribution in [0.3, 0.4) is 0 Å². The molecule has 2 N–H and O–H groups in total. The number of carbonyl (C=O) groups excluding carboxylic acids is 3. The van der Waals surface area contributed by atoms with Gasteiger partial charge in [0.25, 0.3) is 11.8 Å². The van der Waals surface area contributed by atoms with E-state index in [2.05, 4.69) is 10.6 Å². The summed E-state index contributed by atoms with van der Waals surface area (Å²) < 4.78 is 13.3. The van der Waals surface area contributed by atoms with Crippen LogP contribution in [0, 0.1) is 5.82 Å². The third-order valence-electron chi connectivity index (χ3n) is 4.96. The van der Waals surface area contributed by atoms with E-state index in [1.165, 1.54) is 36.1 Å². The zero-order chi connectivity index (χ0) is 22.7. The van der Waals surface area contributed by atoms with Crippen molar-refractivity contribution in [3.63, 3.8) is 0 Å². The van der Waals surface area contributed by atoms with Crippen molar-refractivity contribution in [3.05, 3.63) is 102 Å². The van der Waals surface area contributed by atoms with Crippen LogP contribution in [0.5, 0.6) is 0 Å². The summed E-state index contributed by atoms with van der Waals surface area (Å²) in [4.78, 5) is 39.0. The number of rotatable bonds is 6. The summed E-state index contributed by atoms with van der Waals surface area (Å²) >= 11 is 0. The van der Waals surface area contributed by atoms with Crippen LogP contribution in [0.1, 0.15) is 18.1 Å². The Hall–Kier alpha value is -4.26. The molecule has 1 aliphatic heterocycles. The van der Waals surface area contributed by atoms with Crippen molar-refractivity contribution in [2.24, 2.45) is 0 Å². The van der Waals surface area contributed by atoms with Gasteiger partial charge < -0.3 is 10.6 Å². The highest BCUT2D eigenvalue weighted by molar-refractivity contribution is 6.36. The van der Waals surface area contributed by atoms with E-state index in [0.29, 0.717) is 16.9 Å². The van der Waals surface area contributed by atoms with Crippen LogP contribution in [0.2, 0.25) is 0 Å². The molecule has 3 aromatic rings. The second kappa shape index (κ2) is 8.85. The lowest BCUT2D eigenvalue weighted by Crippen LogP contribution is -2.31. The second-order valence-electron chi connectivity index (χ2n) is 7.32. The van der Waals surface area contributed by atoms with Crippen LogP contribution in [0.15, 0.2) is 84.6 Å². The third-order valence-corrected chi connectivity index (χ3v) is 4.96. The molecule has 160 valence electrons. The van der Waals surface area contributed by atoms with Crippen LogP contribution in [0.25, 0.3) is 5.57 Å².